The van der Waals surface area contributed by atoms with Crippen LogP contribution in [0.3, 0.4) is 0 Å². The standard InChI is InChI=1S/C12H19BrN4Si2/c1-18(2)7-8-19(3,4)17(18)12-10-5-6-11(13)16(10)15-9-14-12/h5-6,9H,7-8H2,1-4H3. The normalized spacial score (nSPS) is 21.2. The summed E-state index contributed by atoms with van der Waals surface area (Å²) in [5.41, 5.74) is 1.12. The predicted octanol–water partition coefficient (Wildman–Crippen LogP) is 3.72. The van der Waals surface area contributed by atoms with Crippen molar-refractivity contribution in [3.8, 4) is 0 Å². The van der Waals surface area contributed by atoms with Crippen molar-refractivity contribution in [2.24, 2.45) is 0 Å². The van der Waals surface area contributed by atoms with Crippen molar-refractivity contribution in [3.05, 3.63) is 23.1 Å². The van der Waals surface area contributed by atoms with Gasteiger partial charge in [-0.15, -0.1) is 0 Å². The average Bonchev–Trinajstić information content (AvgIpc) is 2.79. The van der Waals surface area contributed by atoms with Crippen molar-refractivity contribution in [1.29, 1.82) is 0 Å². The van der Waals surface area contributed by atoms with Gasteiger partial charge in [-0.3, -0.25) is 0 Å². The Morgan fingerprint density at radius 3 is 2.37 bits per heavy atom. The summed E-state index contributed by atoms with van der Waals surface area (Å²) in [5, 5.41) is 4.33. The number of hydrogen-bond donors (Lipinski definition) is 0. The highest BCUT2D eigenvalue weighted by Gasteiger charge is 2.48. The fourth-order valence-corrected chi connectivity index (χ4v) is 17.8. The minimum absolute atomic E-state index is 0.990. The molecule has 0 unspecified atom stereocenters. The molecule has 19 heavy (non-hydrogen) atoms. The second-order valence-corrected chi connectivity index (χ2v) is 16.9. The van der Waals surface area contributed by atoms with E-state index in [-0.39, 0.29) is 0 Å². The number of nitrogens with zero attached hydrogens (tertiary/aromatic N) is 4. The van der Waals surface area contributed by atoms with E-state index in [4.69, 9.17) is 0 Å². The molecule has 7 heteroatoms. The molecule has 0 aliphatic carbocycles. The third kappa shape index (κ3) is 1.98. The Bertz CT molecular complexity index is 622. The molecule has 0 bridgehead atoms. The number of fused-ring (bicyclic) bond motifs is 1. The summed E-state index contributed by atoms with van der Waals surface area (Å²) in [5.74, 6) is 1.14. The third-order valence-corrected chi connectivity index (χ3v) is 14.7. The number of rotatable bonds is 1. The largest absolute Gasteiger partial charge is 0.407 e. The van der Waals surface area contributed by atoms with Gasteiger partial charge in [-0.2, -0.15) is 5.10 Å². The van der Waals surface area contributed by atoms with E-state index >= 15 is 0 Å². The molecule has 0 amide bonds. The van der Waals surface area contributed by atoms with Crippen LogP contribution in [0, 0.1) is 0 Å². The average molecular weight is 355 g/mol. The van der Waals surface area contributed by atoms with Gasteiger partial charge in [-0.05, 0) is 40.2 Å². The molecule has 0 saturated carbocycles. The molecule has 0 spiro atoms. The van der Waals surface area contributed by atoms with Crippen LogP contribution in [-0.4, -0.2) is 31.1 Å². The first kappa shape index (κ1) is 13.3. The highest BCUT2D eigenvalue weighted by atomic mass is 79.9. The summed E-state index contributed by atoms with van der Waals surface area (Å²) in [7, 11) is -2.76. The van der Waals surface area contributed by atoms with E-state index in [1.54, 1.807) is 6.33 Å². The van der Waals surface area contributed by atoms with Crippen LogP contribution in [0.4, 0.5) is 5.82 Å². The summed E-state index contributed by atoms with van der Waals surface area (Å²) >= 11 is 3.54. The lowest BCUT2D eigenvalue weighted by Gasteiger charge is -2.40. The summed E-state index contributed by atoms with van der Waals surface area (Å²) in [6.07, 6.45) is 1.68. The van der Waals surface area contributed by atoms with Crippen LogP contribution in [0.15, 0.2) is 23.1 Å². The molecule has 2 aromatic rings. The Labute approximate surface area is 124 Å². The number of anilines is 1. The molecule has 3 rings (SSSR count). The third-order valence-electron chi connectivity index (χ3n) is 4.16. The van der Waals surface area contributed by atoms with E-state index < -0.39 is 16.5 Å². The number of halogens is 1. The second kappa shape index (κ2) is 4.16. The van der Waals surface area contributed by atoms with Crippen molar-refractivity contribution in [2.45, 2.75) is 38.3 Å². The van der Waals surface area contributed by atoms with Gasteiger partial charge in [0, 0.05) is 0 Å². The van der Waals surface area contributed by atoms with Crippen LogP contribution < -0.4 is 4.23 Å². The molecule has 1 saturated heterocycles. The fraction of sp³-hybridized carbons (Fsp3) is 0.500. The van der Waals surface area contributed by atoms with Gasteiger partial charge >= 0.3 is 0 Å². The zero-order valence-corrected chi connectivity index (χ0v) is 15.4. The molecule has 1 fully saturated rings. The Morgan fingerprint density at radius 1 is 1.11 bits per heavy atom. The van der Waals surface area contributed by atoms with Gasteiger partial charge in [-0.25, -0.2) is 9.50 Å². The first-order chi connectivity index (χ1) is 8.83. The maximum absolute atomic E-state index is 4.64. The van der Waals surface area contributed by atoms with Crippen LogP contribution in [0.1, 0.15) is 0 Å². The van der Waals surface area contributed by atoms with Crippen molar-refractivity contribution in [2.75, 3.05) is 4.23 Å². The van der Waals surface area contributed by atoms with Crippen LogP contribution in [-0.2, 0) is 0 Å². The van der Waals surface area contributed by atoms with Crippen LogP contribution >= 0.6 is 15.9 Å². The summed E-state index contributed by atoms with van der Waals surface area (Å²) in [6.45, 7) is 9.85. The van der Waals surface area contributed by atoms with Crippen molar-refractivity contribution in [1.82, 2.24) is 14.6 Å². The molecule has 4 nitrogen and oxygen atoms in total. The van der Waals surface area contributed by atoms with Crippen LogP contribution in [0.25, 0.3) is 5.52 Å². The zero-order valence-electron chi connectivity index (χ0n) is 11.8. The Balaban J connectivity index is 2.24. The Morgan fingerprint density at radius 2 is 1.74 bits per heavy atom. The van der Waals surface area contributed by atoms with Crippen LogP contribution in [0.5, 0.6) is 0 Å². The maximum Gasteiger partial charge on any atom is 0.142 e. The smallest absolute Gasteiger partial charge is 0.142 e. The molecular formula is C12H19BrN4Si2. The van der Waals surface area contributed by atoms with E-state index in [1.165, 1.54) is 12.1 Å². The monoisotopic (exact) mass is 354 g/mol. The minimum atomic E-state index is -1.38. The lowest BCUT2D eigenvalue weighted by molar-refractivity contribution is 0.885. The van der Waals surface area contributed by atoms with Gasteiger partial charge in [0.2, 0.25) is 0 Å². The lowest BCUT2D eigenvalue weighted by Crippen LogP contribution is -2.55. The molecule has 102 valence electrons. The lowest BCUT2D eigenvalue weighted by atomic mass is 10.5. The number of aromatic nitrogens is 3. The molecular weight excluding hydrogens is 336 g/mol. The first-order valence-corrected chi connectivity index (χ1v) is 13.7. The Kier molecular flexibility index (Phi) is 2.92. The van der Waals surface area contributed by atoms with E-state index in [9.17, 15) is 0 Å². The molecule has 2 aromatic heterocycles. The van der Waals surface area contributed by atoms with Gasteiger partial charge in [0.15, 0.2) is 0 Å². The molecule has 0 atom stereocenters. The first-order valence-electron chi connectivity index (χ1n) is 6.61. The molecule has 0 aromatic carbocycles. The van der Waals surface area contributed by atoms with Gasteiger partial charge in [0.05, 0.1) is 0 Å². The van der Waals surface area contributed by atoms with Crippen molar-refractivity contribution < 1.29 is 0 Å². The summed E-state index contributed by atoms with van der Waals surface area (Å²) in [6, 6.07) is 6.92. The molecule has 0 radical (unpaired) electrons. The maximum atomic E-state index is 4.64. The molecule has 1 aliphatic heterocycles. The van der Waals surface area contributed by atoms with Gasteiger partial charge in [0.25, 0.3) is 0 Å². The SMILES string of the molecule is C[Si]1(C)CC[Si](C)(C)N1c1ncnn2c(Br)ccc12. The van der Waals surface area contributed by atoms with Gasteiger partial charge < -0.3 is 4.23 Å². The van der Waals surface area contributed by atoms with E-state index in [0.717, 1.165) is 15.9 Å². The Hall–Kier alpha value is -0.666. The zero-order chi connectivity index (χ0) is 13.8. The highest BCUT2D eigenvalue weighted by molar-refractivity contribution is 9.10. The summed E-state index contributed by atoms with van der Waals surface area (Å²) < 4.78 is 5.66. The highest BCUT2D eigenvalue weighted by Crippen LogP contribution is 2.41. The van der Waals surface area contributed by atoms with Crippen molar-refractivity contribution >= 4 is 43.7 Å². The topological polar surface area (TPSA) is 33.4 Å². The van der Waals surface area contributed by atoms with Gasteiger partial charge in [0.1, 0.15) is 38.7 Å². The molecule has 1 aliphatic rings. The van der Waals surface area contributed by atoms with E-state index in [1.807, 2.05) is 10.6 Å². The number of hydrogen-bond acceptors (Lipinski definition) is 3. The van der Waals surface area contributed by atoms with Crippen molar-refractivity contribution in [3.63, 3.8) is 0 Å². The summed E-state index contributed by atoms with van der Waals surface area (Å²) in [4.78, 5) is 4.64. The van der Waals surface area contributed by atoms with Gasteiger partial charge in [-0.1, -0.05) is 26.2 Å². The minimum Gasteiger partial charge on any atom is -0.407 e. The molecule has 0 N–H and O–H groups in total. The van der Waals surface area contributed by atoms with E-state index in [2.05, 4.69) is 62.5 Å². The molecule has 3 heterocycles. The fourth-order valence-electron chi connectivity index (χ4n) is 3.29. The second-order valence-electron chi connectivity index (χ2n) is 6.50. The predicted molar refractivity (Wildman–Crippen MR) is 87.7 cm³/mol. The van der Waals surface area contributed by atoms with E-state index in [0.29, 0.717) is 0 Å². The quantitative estimate of drug-likeness (QED) is 0.731. The van der Waals surface area contributed by atoms with Crippen LogP contribution in [0.2, 0.25) is 38.3 Å².